The van der Waals surface area contributed by atoms with Gasteiger partial charge in [-0.25, -0.2) is 10.5 Å². The van der Waals surface area contributed by atoms with Gasteiger partial charge in [0.2, 0.25) is 5.91 Å². The first-order valence-electron chi connectivity index (χ1n) is 9.95. The molecule has 2 aromatic rings. The molecule has 0 bridgehead atoms. The van der Waals surface area contributed by atoms with Crippen LogP contribution in [0.5, 0.6) is 0 Å². The normalized spacial score (nSPS) is 17.0. The van der Waals surface area contributed by atoms with E-state index < -0.39 is 5.91 Å². The van der Waals surface area contributed by atoms with Gasteiger partial charge in [0.1, 0.15) is 0 Å². The molecule has 2 aliphatic rings. The second-order valence-electron chi connectivity index (χ2n) is 7.53. The molecule has 0 saturated carbocycles. The zero-order chi connectivity index (χ0) is 21.0. The van der Waals surface area contributed by atoms with Gasteiger partial charge in [0.25, 0.3) is 5.91 Å². The summed E-state index contributed by atoms with van der Waals surface area (Å²) in [5.74, 6) is -0.655. The van der Waals surface area contributed by atoms with Crippen molar-refractivity contribution < 1.29 is 14.8 Å². The Morgan fingerprint density at radius 1 is 1.00 bits per heavy atom. The Kier molecular flexibility index (Phi) is 5.59. The molecule has 30 heavy (non-hydrogen) atoms. The molecule has 0 unspecified atom stereocenters. The summed E-state index contributed by atoms with van der Waals surface area (Å²) in [6.07, 6.45) is 12.2. The summed E-state index contributed by atoms with van der Waals surface area (Å²) in [5.41, 5.74) is 5.42. The summed E-state index contributed by atoms with van der Waals surface area (Å²) >= 11 is 0. The van der Waals surface area contributed by atoms with Crippen molar-refractivity contribution in [3.63, 3.8) is 0 Å². The van der Waals surface area contributed by atoms with Crippen LogP contribution in [0.1, 0.15) is 35.4 Å². The maximum absolute atomic E-state index is 12.7. The third-order valence-corrected chi connectivity index (χ3v) is 5.75. The molecule has 4 rings (SSSR count). The van der Waals surface area contributed by atoms with Crippen molar-refractivity contribution in [2.24, 2.45) is 0 Å². The standard InChI is InChI=1S/C24H23N3O3/c28-22(26-30)10-8-19-5-3-6-20(25-19)9-11-23(29)27-16-14-24(15-17-27)13-12-18-4-1-2-7-21(18)24/h1-13,30H,14-17H2,(H,26,28)/b10-8+,11-9+. The minimum Gasteiger partial charge on any atom is -0.339 e. The average molecular weight is 401 g/mol. The number of carbonyl (C=O) groups excluding carboxylic acids is 2. The average Bonchev–Trinajstić information content (AvgIpc) is 3.15. The number of rotatable bonds is 4. The number of aromatic nitrogens is 1. The number of amides is 2. The monoisotopic (exact) mass is 401 g/mol. The number of nitrogens with one attached hydrogen (secondary N) is 1. The minimum absolute atomic E-state index is 0.0254. The molecule has 1 aromatic carbocycles. The first kappa shape index (κ1) is 19.8. The number of piperidine rings is 1. The smallest absolute Gasteiger partial charge is 0.267 e. The maximum atomic E-state index is 12.7. The quantitative estimate of drug-likeness (QED) is 0.468. The first-order valence-corrected chi connectivity index (χ1v) is 9.95. The number of fused-ring (bicyclic) bond motifs is 2. The van der Waals surface area contributed by atoms with Crippen molar-refractivity contribution >= 4 is 30.0 Å². The predicted octanol–water partition coefficient (Wildman–Crippen LogP) is 3.20. The summed E-state index contributed by atoms with van der Waals surface area (Å²) in [4.78, 5) is 30.0. The van der Waals surface area contributed by atoms with E-state index in [2.05, 4.69) is 41.4 Å². The van der Waals surface area contributed by atoms with Crippen LogP contribution in [0, 0.1) is 0 Å². The van der Waals surface area contributed by atoms with Gasteiger partial charge in [0.05, 0.1) is 11.4 Å². The largest absolute Gasteiger partial charge is 0.339 e. The van der Waals surface area contributed by atoms with Crippen molar-refractivity contribution in [3.05, 3.63) is 83.2 Å². The number of allylic oxidation sites excluding steroid dienone is 1. The molecule has 0 atom stereocenters. The second-order valence-corrected chi connectivity index (χ2v) is 7.53. The van der Waals surface area contributed by atoms with Crippen LogP contribution in [0.2, 0.25) is 0 Å². The van der Waals surface area contributed by atoms with E-state index in [1.54, 1.807) is 30.4 Å². The predicted molar refractivity (Wildman–Crippen MR) is 115 cm³/mol. The molecule has 1 aliphatic heterocycles. The summed E-state index contributed by atoms with van der Waals surface area (Å²) < 4.78 is 0. The van der Waals surface area contributed by atoms with Crippen molar-refractivity contribution in [2.45, 2.75) is 18.3 Å². The lowest BCUT2D eigenvalue weighted by atomic mass is 9.74. The summed E-state index contributed by atoms with van der Waals surface area (Å²) in [7, 11) is 0. The van der Waals surface area contributed by atoms with E-state index in [4.69, 9.17) is 5.21 Å². The Morgan fingerprint density at radius 3 is 2.43 bits per heavy atom. The number of likely N-dealkylation sites (tertiary alicyclic amines) is 1. The van der Waals surface area contributed by atoms with E-state index in [9.17, 15) is 9.59 Å². The Hall–Kier alpha value is -3.51. The van der Waals surface area contributed by atoms with Crippen molar-refractivity contribution in [3.8, 4) is 0 Å². The molecule has 1 aromatic heterocycles. The van der Waals surface area contributed by atoms with E-state index in [1.165, 1.54) is 28.8 Å². The zero-order valence-corrected chi connectivity index (χ0v) is 16.5. The fraction of sp³-hybridized carbons (Fsp3) is 0.208. The molecular formula is C24H23N3O3. The fourth-order valence-corrected chi connectivity index (χ4v) is 4.11. The molecule has 152 valence electrons. The second kappa shape index (κ2) is 8.47. The van der Waals surface area contributed by atoms with E-state index in [1.807, 2.05) is 4.90 Å². The van der Waals surface area contributed by atoms with Crippen LogP contribution in [0.4, 0.5) is 0 Å². The molecule has 1 fully saturated rings. The van der Waals surface area contributed by atoms with Gasteiger partial charge in [-0.05, 0) is 48.3 Å². The number of hydroxylamine groups is 1. The van der Waals surface area contributed by atoms with Crippen molar-refractivity contribution in [2.75, 3.05) is 13.1 Å². The lowest BCUT2D eigenvalue weighted by Crippen LogP contribution is -2.43. The number of hydrogen-bond donors (Lipinski definition) is 2. The van der Waals surface area contributed by atoms with Gasteiger partial charge in [-0.15, -0.1) is 0 Å². The summed E-state index contributed by atoms with van der Waals surface area (Å²) in [5, 5.41) is 8.52. The number of hydrogen-bond acceptors (Lipinski definition) is 4. The molecule has 1 spiro atoms. The molecule has 2 N–H and O–H groups in total. The molecule has 1 aliphatic carbocycles. The lowest BCUT2D eigenvalue weighted by molar-refractivity contribution is -0.127. The van der Waals surface area contributed by atoms with Crippen LogP contribution in [0.3, 0.4) is 0 Å². The first-order chi connectivity index (χ1) is 14.6. The Morgan fingerprint density at radius 2 is 1.70 bits per heavy atom. The van der Waals surface area contributed by atoms with Crippen LogP contribution in [0.25, 0.3) is 18.2 Å². The van der Waals surface area contributed by atoms with Gasteiger partial charge in [-0.2, -0.15) is 0 Å². The van der Waals surface area contributed by atoms with Gasteiger partial charge in [-0.3, -0.25) is 14.8 Å². The van der Waals surface area contributed by atoms with Crippen LogP contribution in [-0.2, 0) is 15.0 Å². The maximum Gasteiger partial charge on any atom is 0.267 e. The van der Waals surface area contributed by atoms with Crippen molar-refractivity contribution in [1.82, 2.24) is 15.4 Å². The van der Waals surface area contributed by atoms with Gasteiger partial charge >= 0.3 is 0 Å². The van der Waals surface area contributed by atoms with Gasteiger partial charge in [0.15, 0.2) is 0 Å². The topological polar surface area (TPSA) is 82.5 Å². The Balaban J connectivity index is 1.38. The van der Waals surface area contributed by atoms with E-state index in [-0.39, 0.29) is 11.3 Å². The third kappa shape index (κ3) is 4.09. The highest BCUT2D eigenvalue weighted by Crippen LogP contribution is 2.43. The number of pyridine rings is 1. The Labute approximate surface area is 175 Å². The van der Waals surface area contributed by atoms with E-state index in [0.717, 1.165) is 12.8 Å². The molecule has 2 amide bonds. The SMILES string of the molecule is O=C(/C=C/c1cccc(/C=C/C(=O)N2CCC3(C=Cc4ccccc43)CC2)n1)NO. The van der Waals surface area contributed by atoms with Crippen LogP contribution < -0.4 is 5.48 Å². The summed E-state index contributed by atoms with van der Waals surface area (Å²) in [6.45, 7) is 1.43. The lowest BCUT2D eigenvalue weighted by Gasteiger charge is -2.39. The molecule has 1 saturated heterocycles. The van der Waals surface area contributed by atoms with Crippen LogP contribution in [0.15, 0.2) is 60.7 Å². The van der Waals surface area contributed by atoms with Gasteiger partial charge in [-0.1, -0.05) is 42.5 Å². The summed E-state index contributed by atoms with van der Waals surface area (Å²) in [6, 6.07) is 13.8. The number of benzene rings is 1. The third-order valence-electron chi connectivity index (χ3n) is 5.75. The molecule has 2 heterocycles. The van der Waals surface area contributed by atoms with Crippen LogP contribution in [-0.4, -0.2) is 40.0 Å². The fourth-order valence-electron chi connectivity index (χ4n) is 4.11. The highest BCUT2D eigenvalue weighted by atomic mass is 16.5. The molecular weight excluding hydrogens is 378 g/mol. The van der Waals surface area contributed by atoms with Crippen LogP contribution >= 0.6 is 0 Å². The molecule has 0 radical (unpaired) electrons. The molecule has 6 heteroatoms. The highest BCUT2D eigenvalue weighted by molar-refractivity contribution is 5.92. The van der Waals surface area contributed by atoms with E-state index in [0.29, 0.717) is 24.5 Å². The highest BCUT2D eigenvalue weighted by Gasteiger charge is 2.38. The molecule has 6 nitrogen and oxygen atoms in total. The van der Waals surface area contributed by atoms with Crippen molar-refractivity contribution in [1.29, 1.82) is 0 Å². The van der Waals surface area contributed by atoms with E-state index >= 15 is 0 Å². The van der Waals surface area contributed by atoms with Gasteiger partial charge < -0.3 is 4.90 Å². The number of carbonyl (C=O) groups is 2. The van der Waals surface area contributed by atoms with Gasteiger partial charge in [0, 0.05) is 30.7 Å². The number of nitrogens with zero attached hydrogens (tertiary/aromatic N) is 2. The Bertz CT molecular complexity index is 1050. The minimum atomic E-state index is -0.629. The zero-order valence-electron chi connectivity index (χ0n) is 16.5.